The number of anilines is 1. The number of rotatable bonds is 9. The van der Waals surface area contributed by atoms with Crippen LogP contribution in [-0.4, -0.2) is 51.6 Å². The molecule has 0 radical (unpaired) electrons. The maximum atomic E-state index is 14.3. The molecule has 1 amide bonds. The molecule has 1 saturated heterocycles. The van der Waals surface area contributed by atoms with Gasteiger partial charge in [0.05, 0.1) is 18.6 Å². The van der Waals surface area contributed by atoms with Crippen LogP contribution in [0.2, 0.25) is 0 Å². The summed E-state index contributed by atoms with van der Waals surface area (Å²) in [6.45, 7) is 3.61. The Kier molecular flexibility index (Phi) is 5.79. The summed E-state index contributed by atoms with van der Waals surface area (Å²) in [5.41, 5.74) is -0.608. The Morgan fingerprint density at radius 2 is 1.65 bits per heavy atom. The van der Waals surface area contributed by atoms with Crippen LogP contribution in [-0.2, 0) is 20.4 Å². The van der Waals surface area contributed by atoms with Crippen molar-refractivity contribution in [2.24, 2.45) is 10.8 Å². The quantitative estimate of drug-likeness (QED) is 0.285. The molecule has 1 aromatic carbocycles. The van der Waals surface area contributed by atoms with Crippen molar-refractivity contribution >= 4 is 11.6 Å². The fraction of sp³-hybridized carbons (Fsp3) is 0.645. The van der Waals surface area contributed by atoms with Gasteiger partial charge < -0.3 is 18.7 Å². The number of amides is 1. The Balaban J connectivity index is 1.05. The molecular formula is C31H34F3N5O4. The van der Waals surface area contributed by atoms with Gasteiger partial charge in [0.15, 0.2) is 0 Å². The van der Waals surface area contributed by atoms with Crippen molar-refractivity contribution in [3.05, 3.63) is 41.9 Å². The largest absolute Gasteiger partial charge is 0.379 e. The molecule has 3 aromatic rings. The van der Waals surface area contributed by atoms with Gasteiger partial charge >= 0.3 is 6.43 Å². The van der Waals surface area contributed by atoms with Crippen LogP contribution in [0.4, 0.5) is 18.9 Å². The minimum atomic E-state index is -2.77. The van der Waals surface area contributed by atoms with E-state index in [1.54, 1.807) is 0 Å². The molecule has 0 N–H and O–H groups in total. The number of carbonyl (C=O) groups is 1. The Hall–Kier alpha value is -3.28. The molecule has 6 saturated carbocycles. The zero-order chi connectivity index (χ0) is 29.7. The fourth-order valence-corrected chi connectivity index (χ4v) is 8.41. The molecule has 9 nitrogen and oxygen atoms in total. The number of nitrogens with zero attached hydrogens (tertiary/aromatic N) is 5. The molecule has 43 heavy (non-hydrogen) atoms. The lowest BCUT2D eigenvalue weighted by atomic mass is 9.41. The lowest BCUT2D eigenvalue weighted by Gasteiger charge is -2.66. The van der Waals surface area contributed by atoms with E-state index < -0.39 is 23.3 Å². The second-order valence-electron chi connectivity index (χ2n) is 14.4. The highest BCUT2D eigenvalue weighted by molar-refractivity contribution is 5.94. The maximum absolute atomic E-state index is 14.3. The van der Waals surface area contributed by atoms with Crippen molar-refractivity contribution in [2.75, 3.05) is 24.7 Å². The van der Waals surface area contributed by atoms with E-state index in [-0.39, 0.29) is 22.2 Å². The Bertz CT molecular complexity index is 1540. The summed E-state index contributed by atoms with van der Waals surface area (Å²) in [7, 11) is 0. The van der Waals surface area contributed by atoms with Gasteiger partial charge in [-0.05, 0) is 87.7 Å². The van der Waals surface area contributed by atoms with Crippen molar-refractivity contribution in [1.29, 1.82) is 0 Å². The molecule has 1 aliphatic heterocycles. The lowest BCUT2D eigenvalue weighted by molar-refractivity contribution is -0.215. The average molecular weight is 598 g/mol. The molecule has 3 heterocycles. The van der Waals surface area contributed by atoms with Crippen LogP contribution in [0.5, 0.6) is 0 Å². The summed E-state index contributed by atoms with van der Waals surface area (Å²) >= 11 is 0. The van der Waals surface area contributed by atoms with Gasteiger partial charge in [-0.1, -0.05) is 22.4 Å². The first-order chi connectivity index (χ1) is 20.5. The van der Waals surface area contributed by atoms with Crippen molar-refractivity contribution < 1.29 is 31.7 Å². The number of fused-ring (bicyclic) bond motifs is 3. The number of benzene rings is 1. The number of ether oxygens (including phenoxy) is 1. The smallest absolute Gasteiger partial charge is 0.300 e. The maximum Gasteiger partial charge on any atom is 0.300 e. The van der Waals surface area contributed by atoms with E-state index in [1.807, 2.05) is 36.1 Å². The van der Waals surface area contributed by atoms with Gasteiger partial charge in [0.1, 0.15) is 5.67 Å². The van der Waals surface area contributed by atoms with Crippen molar-refractivity contribution in [1.82, 2.24) is 20.3 Å². The Morgan fingerprint density at radius 3 is 2.26 bits per heavy atom. The third kappa shape index (κ3) is 4.34. The Morgan fingerprint density at radius 1 is 0.953 bits per heavy atom. The summed E-state index contributed by atoms with van der Waals surface area (Å²) < 4.78 is 56.9. The fourth-order valence-electron chi connectivity index (χ4n) is 8.41. The number of hydrogen-bond acceptors (Lipinski definition) is 8. The molecule has 0 atom stereocenters. The summed E-state index contributed by atoms with van der Waals surface area (Å²) in [5, 5.41) is 7.73. The molecule has 228 valence electrons. The number of hydrogen-bond donors (Lipinski definition) is 0. The minimum Gasteiger partial charge on any atom is -0.379 e. The number of alkyl halides is 3. The molecule has 10 rings (SSSR count). The molecule has 7 aliphatic rings. The lowest BCUT2D eigenvalue weighted by Crippen LogP contribution is -2.65. The number of carbonyl (C=O) groups excluding carboxylic acids is 1. The van der Waals surface area contributed by atoms with Gasteiger partial charge in [-0.2, -0.15) is 9.97 Å². The van der Waals surface area contributed by atoms with Gasteiger partial charge in [-0.25, -0.2) is 13.2 Å². The summed E-state index contributed by atoms with van der Waals surface area (Å²) in [5.74, 6) is 0.738. The molecule has 2 aromatic heterocycles. The predicted molar refractivity (Wildman–Crippen MR) is 146 cm³/mol. The first-order valence-electron chi connectivity index (χ1n) is 15.2. The average Bonchev–Trinajstić information content (AvgIpc) is 3.66. The zero-order valence-corrected chi connectivity index (χ0v) is 24.1. The number of halogens is 3. The molecule has 6 aliphatic carbocycles. The van der Waals surface area contributed by atoms with Gasteiger partial charge in [0.25, 0.3) is 0 Å². The summed E-state index contributed by atoms with van der Waals surface area (Å²) in [4.78, 5) is 24.6. The second kappa shape index (κ2) is 9.12. The van der Waals surface area contributed by atoms with Crippen LogP contribution < -0.4 is 4.90 Å². The monoisotopic (exact) mass is 597 g/mol. The number of aromatic nitrogens is 4. The highest BCUT2D eigenvalue weighted by atomic mass is 19.3. The predicted octanol–water partition coefficient (Wildman–Crippen LogP) is 6.25. The molecule has 0 spiro atoms. The van der Waals surface area contributed by atoms with Crippen LogP contribution >= 0.6 is 0 Å². The van der Waals surface area contributed by atoms with Crippen LogP contribution in [0.25, 0.3) is 11.4 Å². The van der Waals surface area contributed by atoms with Crippen LogP contribution in [0.15, 0.2) is 33.3 Å². The van der Waals surface area contributed by atoms with E-state index in [2.05, 4.69) is 20.3 Å². The highest BCUT2D eigenvalue weighted by Crippen LogP contribution is 2.71. The topological polar surface area (TPSA) is 107 Å². The Labute approximate surface area is 246 Å². The molecule has 12 heteroatoms. The van der Waals surface area contributed by atoms with E-state index in [4.69, 9.17) is 13.8 Å². The van der Waals surface area contributed by atoms with E-state index in [1.165, 1.54) is 0 Å². The van der Waals surface area contributed by atoms with Gasteiger partial charge in [-0.3, -0.25) is 4.79 Å². The zero-order valence-electron chi connectivity index (χ0n) is 24.1. The van der Waals surface area contributed by atoms with Crippen molar-refractivity contribution in [2.45, 2.75) is 94.1 Å². The SMILES string of the molecule is CC1(c2nc(-c3cccc(N(CC45CCC(c6nc(C(F)F)no6)(CC4)CC5)C(=O)CC45CC(F)(C4)C5)c3)no2)COC1. The third-order valence-electron chi connectivity index (χ3n) is 11.1. The first kappa shape index (κ1) is 27.3. The van der Waals surface area contributed by atoms with Crippen molar-refractivity contribution in [3.8, 4) is 11.4 Å². The minimum absolute atomic E-state index is 0.00194. The van der Waals surface area contributed by atoms with E-state index in [0.717, 1.165) is 49.8 Å². The normalized spacial score (nSPS) is 33.5. The van der Waals surface area contributed by atoms with Gasteiger partial charge in [0, 0.05) is 29.6 Å². The second-order valence-corrected chi connectivity index (χ2v) is 14.4. The first-order valence-corrected chi connectivity index (χ1v) is 15.2. The third-order valence-corrected chi connectivity index (χ3v) is 11.1. The van der Waals surface area contributed by atoms with E-state index >= 15 is 0 Å². The van der Waals surface area contributed by atoms with Gasteiger partial charge in [-0.15, -0.1) is 0 Å². The van der Waals surface area contributed by atoms with Crippen LogP contribution in [0.3, 0.4) is 0 Å². The highest BCUT2D eigenvalue weighted by Gasteiger charge is 2.69. The van der Waals surface area contributed by atoms with Crippen molar-refractivity contribution in [3.63, 3.8) is 0 Å². The van der Waals surface area contributed by atoms with Crippen LogP contribution in [0, 0.1) is 10.8 Å². The molecular weight excluding hydrogens is 563 g/mol. The van der Waals surface area contributed by atoms with E-state index in [0.29, 0.717) is 63.0 Å². The standard InChI is InChI=1S/C31H34F3N5O4/c1-27(17-41-18-27)25-35-23(37-42-25)19-3-2-4-20(11-19)39(21(40)12-29-13-31(34,14-29)15-29)16-28-5-8-30(9-6-28,10-7-28)26-36-24(22(32)33)38-43-26/h2-4,11,22H,5-10,12-18H2,1H3. The van der Waals surface area contributed by atoms with Crippen LogP contribution in [0.1, 0.15) is 95.2 Å². The summed E-state index contributed by atoms with van der Waals surface area (Å²) in [6.07, 6.45) is 3.62. The van der Waals surface area contributed by atoms with Gasteiger partial charge in [0.2, 0.25) is 29.3 Å². The summed E-state index contributed by atoms with van der Waals surface area (Å²) in [6, 6.07) is 7.66. The molecule has 7 fully saturated rings. The molecule has 4 bridgehead atoms. The molecule has 0 unspecified atom stereocenters. The van der Waals surface area contributed by atoms with E-state index in [9.17, 15) is 18.0 Å².